The molecule has 1 atom stereocenters. The molecule has 3 amide bonds. The van der Waals surface area contributed by atoms with Gasteiger partial charge in [-0.1, -0.05) is 24.6 Å². The molecule has 0 radical (unpaired) electrons. The van der Waals surface area contributed by atoms with Crippen molar-refractivity contribution in [2.45, 2.75) is 37.9 Å². The Morgan fingerprint density at radius 1 is 1.03 bits per heavy atom. The molecule has 0 aliphatic carbocycles. The van der Waals surface area contributed by atoms with Gasteiger partial charge in [-0.05, 0) is 37.1 Å². The van der Waals surface area contributed by atoms with E-state index in [0.29, 0.717) is 24.2 Å². The Balaban J connectivity index is 1.89. The molecule has 5 N–H and O–H groups in total. The second-order valence-electron chi connectivity index (χ2n) is 7.49. The van der Waals surface area contributed by atoms with Gasteiger partial charge in [0.15, 0.2) is 6.61 Å². The average Bonchev–Trinajstić information content (AvgIpc) is 2.80. The molecule has 0 bridgehead atoms. The standard InChI is InChI=1S/C23H27F3N4O5/c1-34-22(33)30-19(11-4-5-12-20(31)29-18-10-3-2-9-17(18)27)21(32)28-15-7-6-8-16(13-15)35-14-23(24,25)26/h2-3,6-10,13,19H,4-5,11-12,14,27H2,1H3,(H,28,32)(H,29,31)(H,30,33). The van der Waals surface area contributed by atoms with Crippen LogP contribution in [0.2, 0.25) is 0 Å². The van der Waals surface area contributed by atoms with E-state index in [1.54, 1.807) is 24.3 Å². The normalized spacial score (nSPS) is 11.8. The molecular formula is C23H27F3N4O5. The van der Waals surface area contributed by atoms with Crippen LogP contribution >= 0.6 is 0 Å². The number of carbonyl (C=O) groups is 3. The van der Waals surface area contributed by atoms with Gasteiger partial charge in [0, 0.05) is 18.2 Å². The van der Waals surface area contributed by atoms with Crippen molar-refractivity contribution in [1.29, 1.82) is 0 Å². The number of ether oxygens (including phenoxy) is 2. The molecule has 190 valence electrons. The Morgan fingerprint density at radius 2 is 1.77 bits per heavy atom. The van der Waals surface area contributed by atoms with Crippen molar-refractivity contribution >= 4 is 35.0 Å². The minimum absolute atomic E-state index is 0.0809. The topological polar surface area (TPSA) is 132 Å². The van der Waals surface area contributed by atoms with E-state index in [4.69, 9.17) is 5.73 Å². The lowest BCUT2D eigenvalue weighted by molar-refractivity contribution is -0.153. The number of para-hydroxylation sites is 2. The summed E-state index contributed by atoms with van der Waals surface area (Å²) >= 11 is 0. The minimum Gasteiger partial charge on any atom is -0.484 e. The highest BCUT2D eigenvalue weighted by Gasteiger charge is 2.28. The number of nitrogens with two attached hydrogens (primary N) is 1. The van der Waals surface area contributed by atoms with E-state index in [1.807, 2.05) is 0 Å². The van der Waals surface area contributed by atoms with Gasteiger partial charge in [-0.2, -0.15) is 13.2 Å². The van der Waals surface area contributed by atoms with Gasteiger partial charge in [0.2, 0.25) is 11.8 Å². The van der Waals surface area contributed by atoms with Crippen molar-refractivity contribution in [3.63, 3.8) is 0 Å². The Kier molecular flexibility index (Phi) is 10.2. The van der Waals surface area contributed by atoms with E-state index in [0.717, 1.165) is 7.11 Å². The fourth-order valence-corrected chi connectivity index (χ4v) is 2.99. The largest absolute Gasteiger partial charge is 0.484 e. The lowest BCUT2D eigenvalue weighted by atomic mass is 10.1. The summed E-state index contributed by atoms with van der Waals surface area (Å²) in [5.41, 5.74) is 6.92. The number of unbranched alkanes of at least 4 members (excludes halogenated alkanes) is 1. The van der Waals surface area contributed by atoms with Crippen molar-refractivity contribution in [2.75, 3.05) is 30.1 Å². The molecule has 2 rings (SSSR count). The first-order valence-electron chi connectivity index (χ1n) is 10.7. The first-order chi connectivity index (χ1) is 16.6. The molecule has 0 aliphatic heterocycles. The van der Waals surface area contributed by atoms with Gasteiger partial charge < -0.3 is 31.2 Å². The number of alkyl halides is 3. The van der Waals surface area contributed by atoms with E-state index in [1.165, 1.54) is 24.3 Å². The van der Waals surface area contributed by atoms with Gasteiger partial charge in [-0.15, -0.1) is 0 Å². The number of anilines is 3. The Morgan fingerprint density at radius 3 is 2.46 bits per heavy atom. The van der Waals surface area contributed by atoms with Gasteiger partial charge in [0.05, 0.1) is 18.5 Å². The zero-order chi connectivity index (χ0) is 25.8. The minimum atomic E-state index is -4.50. The molecule has 9 nitrogen and oxygen atoms in total. The van der Waals surface area contributed by atoms with Crippen LogP contribution in [-0.4, -0.2) is 43.8 Å². The van der Waals surface area contributed by atoms with Crippen LogP contribution in [0.1, 0.15) is 25.7 Å². The quantitative estimate of drug-likeness (QED) is 0.274. The van der Waals surface area contributed by atoms with Gasteiger partial charge in [-0.3, -0.25) is 9.59 Å². The smallest absolute Gasteiger partial charge is 0.422 e. The van der Waals surface area contributed by atoms with Crippen LogP contribution in [0.4, 0.5) is 35.0 Å². The van der Waals surface area contributed by atoms with Crippen molar-refractivity contribution in [3.8, 4) is 5.75 Å². The molecule has 2 aromatic carbocycles. The Hall–Kier alpha value is -3.96. The molecule has 0 saturated heterocycles. The lowest BCUT2D eigenvalue weighted by Crippen LogP contribution is -2.43. The van der Waals surface area contributed by atoms with E-state index < -0.39 is 30.8 Å². The molecule has 2 aromatic rings. The summed E-state index contributed by atoms with van der Waals surface area (Å²) in [4.78, 5) is 36.5. The van der Waals surface area contributed by atoms with E-state index in [9.17, 15) is 27.6 Å². The first kappa shape index (κ1) is 27.3. The summed E-state index contributed by atoms with van der Waals surface area (Å²) in [5, 5.41) is 7.65. The third kappa shape index (κ3) is 10.2. The molecule has 0 aromatic heterocycles. The molecule has 0 fully saturated rings. The Labute approximate surface area is 200 Å². The monoisotopic (exact) mass is 496 g/mol. The van der Waals surface area contributed by atoms with Crippen LogP contribution in [0, 0.1) is 0 Å². The van der Waals surface area contributed by atoms with Gasteiger partial charge in [0.25, 0.3) is 0 Å². The second-order valence-corrected chi connectivity index (χ2v) is 7.49. The number of amides is 3. The number of halogens is 3. The van der Waals surface area contributed by atoms with Crippen molar-refractivity contribution in [2.24, 2.45) is 0 Å². The number of benzene rings is 2. The number of hydrogen-bond donors (Lipinski definition) is 4. The molecule has 0 spiro atoms. The number of hydrogen-bond acceptors (Lipinski definition) is 6. The predicted octanol–water partition coefficient (Wildman–Crippen LogP) is 4.07. The molecular weight excluding hydrogens is 469 g/mol. The second kappa shape index (κ2) is 13.1. The number of carbonyl (C=O) groups excluding carboxylic acids is 3. The summed E-state index contributed by atoms with van der Waals surface area (Å²) in [5.74, 6) is -0.937. The number of nitrogens with one attached hydrogen (secondary N) is 3. The summed E-state index contributed by atoms with van der Waals surface area (Å²) in [6.45, 7) is -1.47. The summed E-state index contributed by atoms with van der Waals surface area (Å²) < 4.78 is 46.3. The number of nitrogen functional groups attached to an aromatic ring is 1. The fraction of sp³-hybridized carbons (Fsp3) is 0.348. The van der Waals surface area contributed by atoms with E-state index in [2.05, 4.69) is 25.4 Å². The predicted molar refractivity (Wildman–Crippen MR) is 124 cm³/mol. The average molecular weight is 496 g/mol. The van der Waals surface area contributed by atoms with Crippen molar-refractivity contribution in [3.05, 3.63) is 48.5 Å². The van der Waals surface area contributed by atoms with Crippen molar-refractivity contribution in [1.82, 2.24) is 5.32 Å². The van der Waals surface area contributed by atoms with Gasteiger partial charge >= 0.3 is 12.3 Å². The third-order valence-electron chi connectivity index (χ3n) is 4.68. The SMILES string of the molecule is COC(=O)NC(CCCCC(=O)Nc1ccccc1N)C(=O)Nc1cccc(OCC(F)(F)F)c1. The van der Waals surface area contributed by atoms with Crippen LogP contribution in [-0.2, 0) is 14.3 Å². The highest BCUT2D eigenvalue weighted by Crippen LogP contribution is 2.22. The summed E-state index contributed by atoms with van der Waals surface area (Å²) in [6, 6.07) is 11.3. The maximum absolute atomic E-state index is 12.7. The summed E-state index contributed by atoms with van der Waals surface area (Å²) in [7, 11) is 1.14. The van der Waals surface area contributed by atoms with Crippen LogP contribution in [0.5, 0.6) is 5.75 Å². The highest BCUT2D eigenvalue weighted by atomic mass is 19.4. The van der Waals surface area contributed by atoms with Gasteiger partial charge in [-0.25, -0.2) is 4.79 Å². The highest BCUT2D eigenvalue weighted by molar-refractivity contribution is 5.96. The maximum Gasteiger partial charge on any atom is 0.422 e. The molecule has 12 heteroatoms. The summed E-state index contributed by atoms with van der Waals surface area (Å²) in [6.07, 6.45) is -4.14. The molecule has 0 saturated carbocycles. The zero-order valence-corrected chi connectivity index (χ0v) is 19.0. The van der Waals surface area contributed by atoms with Crippen LogP contribution < -0.4 is 26.4 Å². The maximum atomic E-state index is 12.7. The molecule has 0 aliphatic rings. The molecule has 35 heavy (non-hydrogen) atoms. The molecule has 1 unspecified atom stereocenters. The van der Waals surface area contributed by atoms with E-state index >= 15 is 0 Å². The number of alkyl carbamates (subject to hydrolysis) is 1. The number of methoxy groups -OCH3 is 1. The zero-order valence-electron chi connectivity index (χ0n) is 19.0. The molecule has 0 heterocycles. The van der Waals surface area contributed by atoms with E-state index in [-0.39, 0.29) is 30.2 Å². The Bertz CT molecular complexity index is 1020. The van der Waals surface area contributed by atoms with Crippen LogP contribution in [0.15, 0.2) is 48.5 Å². The van der Waals surface area contributed by atoms with Crippen LogP contribution in [0.3, 0.4) is 0 Å². The lowest BCUT2D eigenvalue weighted by Gasteiger charge is -2.18. The van der Waals surface area contributed by atoms with Crippen molar-refractivity contribution < 1.29 is 37.0 Å². The van der Waals surface area contributed by atoms with Crippen LogP contribution in [0.25, 0.3) is 0 Å². The fourth-order valence-electron chi connectivity index (χ4n) is 2.99. The first-order valence-corrected chi connectivity index (χ1v) is 10.7. The van der Waals surface area contributed by atoms with Gasteiger partial charge in [0.1, 0.15) is 11.8 Å². The number of rotatable bonds is 11. The third-order valence-corrected chi connectivity index (χ3v) is 4.68.